The van der Waals surface area contributed by atoms with Crippen molar-refractivity contribution < 1.29 is 9.15 Å². The number of aryl methyl sites for hydroxylation is 1. The monoisotopic (exact) mass is 322 g/mol. The standard InChI is InChI=1S/C20H22N2O2/c1-14-20(21-13-17-9-5-11-23-17)24-19(22-14)12-16-8-4-7-15-6-2-3-10-18(15)16/h2-4,6-8,10,17,21H,5,9,11-13H2,1H3. The van der Waals surface area contributed by atoms with Gasteiger partial charge >= 0.3 is 0 Å². The number of nitrogens with zero attached hydrogens (tertiary/aromatic N) is 1. The zero-order valence-corrected chi connectivity index (χ0v) is 13.9. The van der Waals surface area contributed by atoms with Crippen molar-refractivity contribution in [1.29, 1.82) is 0 Å². The summed E-state index contributed by atoms with van der Waals surface area (Å²) in [6, 6.07) is 14.8. The third-order valence-electron chi connectivity index (χ3n) is 4.58. The lowest BCUT2D eigenvalue weighted by molar-refractivity contribution is 0.120. The van der Waals surface area contributed by atoms with E-state index in [1.165, 1.54) is 16.3 Å². The summed E-state index contributed by atoms with van der Waals surface area (Å²) < 4.78 is 11.6. The fraction of sp³-hybridized carbons (Fsp3) is 0.350. The van der Waals surface area contributed by atoms with E-state index in [-0.39, 0.29) is 6.10 Å². The first-order valence-corrected chi connectivity index (χ1v) is 8.58. The predicted octanol–water partition coefficient (Wildman–Crippen LogP) is 4.32. The van der Waals surface area contributed by atoms with Gasteiger partial charge < -0.3 is 14.5 Å². The molecule has 1 aliphatic heterocycles. The maximum absolute atomic E-state index is 5.95. The van der Waals surface area contributed by atoms with Crippen LogP contribution in [0.15, 0.2) is 46.9 Å². The number of rotatable bonds is 5. The van der Waals surface area contributed by atoms with E-state index in [2.05, 4.69) is 52.8 Å². The summed E-state index contributed by atoms with van der Waals surface area (Å²) in [6.45, 7) is 3.63. The number of aromatic nitrogens is 1. The van der Waals surface area contributed by atoms with Crippen molar-refractivity contribution in [2.45, 2.75) is 32.3 Å². The van der Waals surface area contributed by atoms with Gasteiger partial charge in [-0.15, -0.1) is 0 Å². The molecule has 1 fully saturated rings. The summed E-state index contributed by atoms with van der Waals surface area (Å²) in [5.41, 5.74) is 2.14. The average Bonchev–Trinajstić information content (AvgIpc) is 3.23. The highest BCUT2D eigenvalue weighted by Crippen LogP contribution is 2.24. The molecule has 3 aromatic rings. The molecule has 1 atom stereocenters. The van der Waals surface area contributed by atoms with E-state index in [1.54, 1.807) is 0 Å². The van der Waals surface area contributed by atoms with Crippen LogP contribution in [0.1, 0.15) is 30.0 Å². The van der Waals surface area contributed by atoms with Crippen LogP contribution in [0.4, 0.5) is 5.88 Å². The summed E-state index contributed by atoms with van der Waals surface area (Å²) in [5.74, 6) is 1.51. The van der Waals surface area contributed by atoms with Gasteiger partial charge in [-0.1, -0.05) is 42.5 Å². The highest BCUT2D eigenvalue weighted by atomic mass is 16.5. The summed E-state index contributed by atoms with van der Waals surface area (Å²) in [6.07, 6.45) is 3.25. The van der Waals surface area contributed by atoms with Crippen molar-refractivity contribution in [3.8, 4) is 0 Å². The third-order valence-corrected chi connectivity index (χ3v) is 4.58. The minimum Gasteiger partial charge on any atom is -0.425 e. The zero-order chi connectivity index (χ0) is 16.4. The van der Waals surface area contributed by atoms with Gasteiger partial charge in [-0.05, 0) is 36.1 Å². The second-order valence-corrected chi connectivity index (χ2v) is 6.35. The van der Waals surface area contributed by atoms with Crippen LogP contribution in [-0.4, -0.2) is 24.2 Å². The molecule has 0 aliphatic carbocycles. The Kier molecular flexibility index (Phi) is 4.22. The normalized spacial score (nSPS) is 17.5. The quantitative estimate of drug-likeness (QED) is 0.760. The molecule has 4 heteroatoms. The number of hydrogen-bond donors (Lipinski definition) is 1. The Balaban J connectivity index is 1.51. The van der Waals surface area contributed by atoms with E-state index in [0.717, 1.165) is 43.5 Å². The molecule has 0 amide bonds. The molecule has 0 saturated carbocycles. The lowest BCUT2D eigenvalue weighted by Crippen LogP contribution is -2.18. The summed E-state index contributed by atoms with van der Waals surface area (Å²) in [4.78, 5) is 4.59. The second kappa shape index (κ2) is 6.65. The maximum Gasteiger partial charge on any atom is 0.216 e. The van der Waals surface area contributed by atoms with Crippen LogP contribution in [0, 0.1) is 6.92 Å². The van der Waals surface area contributed by atoms with Crippen LogP contribution in [0.25, 0.3) is 10.8 Å². The van der Waals surface area contributed by atoms with Crippen LogP contribution in [0.3, 0.4) is 0 Å². The van der Waals surface area contributed by atoms with Crippen molar-refractivity contribution >= 4 is 16.7 Å². The van der Waals surface area contributed by atoms with Crippen LogP contribution in [-0.2, 0) is 11.2 Å². The van der Waals surface area contributed by atoms with Gasteiger partial charge in [0.05, 0.1) is 12.5 Å². The Morgan fingerprint density at radius 1 is 1.17 bits per heavy atom. The zero-order valence-electron chi connectivity index (χ0n) is 13.9. The number of oxazole rings is 1. The van der Waals surface area contributed by atoms with Gasteiger partial charge in [0.1, 0.15) is 5.69 Å². The molecule has 2 aromatic carbocycles. The number of fused-ring (bicyclic) bond motifs is 1. The van der Waals surface area contributed by atoms with Gasteiger partial charge in [0, 0.05) is 13.2 Å². The molecular weight excluding hydrogens is 300 g/mol. The summed E-state index contributed by atoms with van der Waals surface area (Å²) in [7, 11) is 0. The number of ether oxygens (including phenoxy) is 1. The van der Waals surface area contributed by atoms with Crippen molar-refractivity contribution in [3.05, 3.63) is 59.6 Å². The van der Waals surface area contributed by atoms with Crippen LogP contribution >= 0.6 is 0 Å². The lowest BCUT2D eigenvalue weighted by Gasteiger charge is -2.09. The molecule has 124 valence electrons. The fourth-order valence-electron chi connectivity index (χ4n) is 3.31. The summed E-state index contributed by atoms with van der Waals surface area (Å²) in [5, 5.41) is 5.84. The second-order valence-electron chi connectivity index (χ2n) is 6.35. The highest BCUT2D eigenvalue weighted by molar-refractivity contribution is 5.85. The Morgan fingerprint density at radius 2 is 2.04 bits per heavy atom. The Labute approximate surface area is 141 Å². The Hall–Kier alpha value is -2.33. The molecule has 1 aromatic heterocycles. The Bertz CT molecular complexity index is 829. The first kappa shape index (κ1) is 15.2. The average molecular weight is 322 g/mol. The molecule has 1 aliphatic rings. The minimum absolute atomic E-state index is 0.288. The van der Waals surface area contributed by atoms with Crippen molar-refractivity contribution in [2.75, 3.05) is 18.5 Å². The molecular formula is C20H22N2O2. The van der Waals surface area contributed by atoms with E-state index in [4.69, 9.17) is 9.15 Å². The SMILES string of the molecule is Cc1nc(Cc2cccc3ccccc23)oc1NCC1CCCO1. The third kappa shape index (κ3) is 3.15. The van der Waals surface area contributed by atoms with Crippen LogP contribution in [0.2, 0.25) is 0 Å². The number of nitrogens with one attached hydrogen (secondary N) is 1. The predicted molar refractivity (Wildman–Crippen MR) is 95.5 cm³/mol. The maximum atomic E-state index is 5.95. The number of benzene rings is 2. The van der Waals surface area contributed by atoms with Crippen molar-refractivity contribution in [3.63, 3.8) is 0 Å². The van der Waals surface area contributed by atoms with Gasteiger partial charge in [-0.3, -0.25) is 0 Å². The van der Waals surface area contributed by atoms with Gasteiger partial charge in [-0.2, -0.15) is 0 Å². The molecule has 4 nitrogen and oxygen atoms in total. The van der Waals surface area contributed by atoms with E-state index >= 15 is 0 Å². The van der Waals surface area contributed by atoms with Crippen LogP contribution < -0.4 is 5.32 Å². The molecule has 1 unspecified atom stereocenters. The van der Waals surface area contributed by atoms with E-state index in [9.17, 15) is 0 Å². The first-order valence-electron chi connectivity index (χ1n) is 8.58. The van der Waals surface area contributed by atoms with Gasteiger partial charge in [0.15, 0.2) is 0 Å². The smallest absolute Gasteiger partial charge is 0.216 e. The number of hydrogen-bond acceptors (Lipinski definition) is 4. The van der Waals surface area contributed by atoms with Crippen molar-refractivity contribution in [2.24, 2.45) is 0 Å². The van der Waals surface area contributed by atoms with E-state index in [1.807, 2.05) is 6.92 Å². The van der Waals surface area contributed by atoms with Crippen LogP contribution in [0.5, 0.6) is 0 Å². The van der Waals surface area contributed by atoms with E-state index in [0.29, 0.717) is 6.42 Å². The molecule has 2 heterocycles. The minimum atomic E-state index is 0.288. The largest absolute Gasteiger partial charge is 0.425 e. The highest BCUT2D eigenvalue weighted by Gasteiger charge is 2.17. The molecule has 0 radical (unpaired) electrons. The topological polar surface area (TPSA) is 47.3 Å². The first-order chi connectivity index (χ1) is 11.8. The molecule has 1 saturated heterocycles. The van der Waals surface area contributed by atoms with E-state index < -0.39 is 0 Å². The lowest BCUT2D eigenvalue weighted by atomic mass is 10.0. The molecule has 24 heavy (non-hydrogen) atoms. The number of anilines is 1. The van der Waals surface area contributed by atoms with Gasteiger partial charge in [-0.25, -0.2) is 4.98 Å². The molecule has 0 bridgehead atoms. The van der Waals surface area contributed by atoms with Gasteiger partial charge in [0.2, 0.25) is 11.8 Å². The Morgan fingerprint density at radius 3 is 2.92 bits per heavy atom. The summed E-state index contributed by atoms with van der Waals surface area (Å²) >= 11 is 0. The van der Waals surface area contributed by atoms with Gasteiger partial charge in [0.25, 0.3) is 0 Å². The molecule has 4 rings (SSSR count). The molecule has 0 spiro atoms. The molecule has 1 N–H and O–H groups in total. The fourth-order valence-corrected chi connectivity index (χ4v) is 3.31. The van der Waals surface area contributed by atoms with Crippen molar-refractivity contribution in [1.82, 2.24) is 4.98 Å².